The number of halogens is 3. The number of aromatic nitrogens is 1. The van der Waals surface area contributed by atoms with Crippen molar-refractivity contribution in [2.24, 2.45) is 0 Å². The lowest BCUT2D eigenvalue weighted by molar-refractivity contribution is -0.265. The Hall–Kier alpha value is -4.35. The Kier molecular flexibility index (Phi) is 9.22. The van der Waals surface area contributed by atoms with E-state index in [0.717, 1.165) is 17.1 Å². The second kappa shape index (κ2) is 12.9. The minimum Gasteiger partial charge on any atom is -0.498 e. The van der Waals surface area contributed by atoms with Crippen LogP contribution >= 0.6 is 11.3 Å². The standard InChI is InChI=1S/C34H32F3N3O4S/c1-3-40(33(43)44,22(2)30(41)24-9-5-4-6-10-24)29-21-45-31(38-29)25-17-19-39(20-18-25)32(42)28-12-8-7-11-27(28)23-13-15-26(16-14-23)34(35,36)37/h4-16,21-22,25H,3,17-20H2,1-2H3. The second-order valence-corrected chi connectivity index (χ2v) is 12.0. The molecule has 2 atom stereocenters. The highest BCUT2D eigenvalue weighted by Crippen LogP contribution is 2.37. The van der Waals surface area contributed by atoms with Gasteiger partial charge in [-0.25, -0.2) is 4.48 Å². The molecule has 1 fully saturated rings. The van der Waals surface area contributed by atoms with E-state index in [4.69, 9.17) is 4.98 Å². The van der Waals surface area contributed by atoms with Crippen LogP contribution in [0.25, 0.3) is 11.1 Å². The van der Waals surface area contributed by atoms with Gasteiger partial charge < -0.3 is 14.8 Å². The topological polar surface area (TPSA) is 90.4 Å². The molecule has 3 aromatic carbocycles. The normalized spacial score (nSPS) is 16.2. The van der Waals surface area contributed by atoms with Crippen molar-refractivity contribution in [3.05, 3.63) is 106 Å². The van der Waals surface area contributed by atoms with Gasteiger partial charge in [-0.3, -0.25) is 9.59 Å². The molecule has 4 aromatic rings. The molecule has 1 aliphatic heterocycles. The largest absolute Gasteiger partial charge is 0.498 e. The molecule has 0 spiro atoms. The number of carboxylic acid groups (broad SMARTS) is 1. The van der Waals surface area contributed by atoms with Crippen LogP contribution in [0.4, 0.5) is 23.8 Å². The Morgan fingerprint density at radius 1 is 0.978 bits per heavy atom. The van der Waals surface area contributed by atoms with E-state index < -0.39 is 28.4 Å². The summed E-state index contributed by atoms with van der Waals surface area (Å²) in [5, 5.41) is 15.1. The quantitative estimate of drug-likeness (QED) is 0.157. The molecule has 0 aliphatic carbocycles. The van der Waals surface area contributed by atoms with E-state index >= 15 is 0 Å². The van der Waals surface area contributed by atoms with Crippen LogP contribution in [0.1, 0.15) is 63.9 Å². The number of thiazole rings is 1. The fourth-order valence-corrected chi connectivity index (χ4v) is 7.01. The maximum Gasteiger partial charge on any atom is 0.416 e. The minimum absolute atomic E-state index is 0.0152. The van der Waals surface area contributed by atoms with Gasteiger partial charge in [0.1, 0.15) is 5.01 Å². The van der Waals surface area contributed by atoms with Crippen molar-refractivity contribution in [2.75, 3.05) is 19.6 Å². The van der Waals surface area contributed by atoms with Gasteiger partial charge in [0, 0.05) is 30.1 Å². The highest BCUT2D eigenvalue weighted by atomic mass is 32.1. The number of likely N-dealkylation sites (tertiary alicyclic amines) is 1. The lowest BCUT2D eigenvalue weighted by atomic mass is 9.94. The molecule has 5 rings (SSSR count). The van der Waals surface area contributed by atoms with E-state index in [0.29, 0.717) is 48.2 Å². The smallest absolute Gasteiger partial charge is 0.416 e. The van der Waals surface area contributed by atoms with Crippen molar-refractivity contribution < 1.29 is 32.7 Å². The number of benzene rings is 3. The summed E-state index contributed by atoms with van der Waals surface area (Å²) in [6, 6.07) is 19.2. The summed E-state index contributed by atoms with van der Waals surface area (Å²) in [5.74, 6) is -0.299. The fraction of sp³-hybridized carbons (Fsp3) is 0.294. The first kappa shape index (κ1) is 32.1. The van der Waals surface area contributed by atoms with Crippen LogP contribution < -0.4 is 9.59 Å². The molecule has 1 saturated heterocycles. The van der Waals surface area contributed by atoms with E-state index in [1.165, 1.54) is 23.5 Å². The van der Waals surface area contributed by atoms with Gasteiger partial charge in [-0.2, -0.15) is 18.2 Å². The number of nitrogens with zero attached hydrogens (tertiary/aromatic N) is 3. The van der Waals surface area contributed by atoms with Crippen LogP contribution in [-0.4, -0.2) is 53.3 Å². The summed E-state index contributed by atoms with van der Waals surface area (Å²) in [6.45, 7) is 4.20. The third kappa shape index (κ3) is 6.27. The number of amides is 2. The molecule has 234 valence electrons. The monoisotopic (exact) mass is 635 g/mol. The Balaban J connectivity index is 1.31. The maximum atomic E-state index is 13.6. The summed E-state index contributed by atoms with van der Waals surface area (Å²) in [5.41, 5.74) is 1.13. The van der Waals surface area contributed by atoms with Crippen LogP contribution in [-0.2, 0) is 6.18 Å². The number of rotatable bonds is 8. The SMILES string of the molecule is CC[N+](C(=O)[O-])(c1csc(C2CCN(C(=O)c3ccccc3-c3ccc(C(F)(F)F)cc3)CC2)n1)C(C)C(=O)c1ccccc1. The number of hydrogen-bond donors (Lipinski definition) is 0. The van der Waals surface area contributed by atoms with Gasteiger partial charge in [0.25, 0.3) is 12.0 Å². The van der Waals surface area contributed by atoms with Gasteiger partial charge in [-0.1, -0.05) is 60.7 Å². The van der Waals surface area contributed by atoms with Crippen molar-refractivity contribution in [2.45, 2.75) is 44.8 Å². The fourth-order valence-electron chi connectivity index (χ4n) is 5.97. The van der Waals surface area contributed by atoms with Crippen molar-refractivity contribution in [3.8, 4) is 11.1 Å². The third-order valence-electron chi connectivity index (χ3n) is 8.65. The molecule has 0 N–H and O–H groups in total. The Labute approximate surface area is 263 Å². The average molecular weight is 636 g/mol. The number of piperidine rings is 1. The Morgan fingerprint density at radius 3 is 2.20 bits per heavy atom. The molecular formula is C34H32F3N3O4S. The van der Waals surface area contributed by atoms with Crippen LogP contribution in [0.15, 0.2) is 84.2 Å². The zero-order valence-corrected chi connectivity index (χ0v) is 25.6. The number of quaternary nitrogens is 1. The predicted octanol–water partition coefficient (Wildman–Crippen LogP) is 6.79. The average Bonchev–Trinajstić information content (AvgIpc) is 3.55. The van der Waals surface area contributed by atoms with Crippen molar-refractivity contribution in [1.29, 1.82) is 0 Å². The molecule has 1 aromatic heterocycles. The molecule has 11 heteroatoms. The zero-order valence-electron chi connectivity index (χ0n) is 24.8. The first-order chi connectivity index (χ1) is 21.5. The Bertz CT molecular complexity index is 1680. The minimum atomic E-state index is -4.45. The van der Waals surface area contributed by atoms with Crippen LogP contribution in [0.2, 0.25) is 0 Å². The summed E-state index contributed by atoms with van der Waals surface area (Å²) in [7, 11) is 0. The summed E-state index contributed by atoms with van der Waals surface area (Å²) in [6.07, 6.45) is -4.66. The third-order valence-corrected chi connectivity index (χ3v) is 9.65. The highest BCUT2D eigenvalue weighted by Gasteiger charge is 2.44. The van der Waals surface area contributed by atoms with Gasteiger partial charge in [0.05, 0.1) is 17.5 Å². The first-order valence-corrected chi connectivity index (χ1v) is 15.6. The molecule has 0 radical (unpaired) electrons. The lowest BCUT2D eigenvalue weighted by Gasteiger charge is -2.38. The number of carbonyl (C=O) groups is 3. The van der Waals surface area contributed by atoms with E-state index in [1.807, 2.05) is 0 Å². The number of likely N-dealkylation sites (N-methyl/N-ethyl adjacent to an activating group) is 1. The molecule has 1 aliphatic rings. The number of alkyl halides is 3. The molecule has 0 saturated carbocycles. The first-order valence-electron chi connectivity index (χ1n) is 14.7. The van der Waals surface area contributed by atoms with Crippen molar-refractivity contribution >= 4 is 34.9 Å². The number of carbonyl (C=O) groups excluding carboxylic acids is 3. The van der Waals surface area contributed by atoms with Crippen LogP contribution in [0, 0.1) is 0 Å². The van der Waals surface area contributed by atoms with Crippen molar-refractivity contribution in [1.82, 2.24) is 14.4 Å². The number of hydrogen-bond acceptors (Lipinski definition) is 6. The second-order valence-electron chi connectivity index (χ2n) is 11.1. The van der Waals surface area contributed by atoms with Gasteiger partial charge in [0.15, 0.2) is 6.04 Å². The summed E-state index contributed by atoms with van der Waals surface area (Å²) >= 11 is 1.34. The van der Waals surface area contributed by atoms with E-state index in [9.17, 15) is 32.7 Å². The predicted molar refractivity (Wildman–Crippen MR) is 165 cm³/mol. The van der Waals surface area contributed by atoms with E-state index in [-0.39, 0.29) is 30.0 Å². The highest BCUT2D eigenvalue weighted by molar-refractivity contribution is 7.10. The maximum absolute atomic E-state index is 13.6. The van der Waals surface area contributed by atoms with Gasteiger partial charge in [0.2, 0.25) is 11.6 Å². The summed E-state index contributed by atoms with van der Waals surface area (Å²) in [4.78, 5) is 46.0. The van der Waals surface area contributed by atoms with Gasteiger partial charge in [-0.15, -0.1) is 11.3 Å². The molecular weight excluding hydrogens is 603 g/mol. The van der Waals surface area contributed by atoms with E-state index in [2.05, 4.69) is 0 Å². The van der Waals surface area contributed by atoms with Crippen molar-refractivity contribution in [3.63, 3.8) is 0 Å². The molecule has 2 amide bonds. The van der Waals surface area contributed by atoms with Gasteiger partial charge in [-0.05, 0) is 56.0 Å². The molecule has 45 heavy (non-hydrogen) atoms. The molecule has 2 heterocycles. The van der Waals surface area contributed by atoms with Crippen LogP contribution in [0.5, 0.6) is 0 Å². The summed E-state index contributed by atoms with van der Waals surface area (Å²) < 4.78 is 38.5. The molecule has 2 unspecified atom stereocenters. The zero-order chi connectivity index (χ0) is 32.4. The molecule has 7 nitrogen and oxygen atoms in total. The number of Topliss-reactive ketones (excluding diaryl/α,β-unsaturated/α-hetero) is 1. The van der Waals surface area contributed by atoms with E-state index in [1.54, 1.807) is 78.7 Å². The number of ketones is 1. The molecule has 0 bridgehead atoms. The van der Waals surface area contributed by atoms with Crippen LogP contribution in [0.3, 0.4) is 0 Å². The Morgan fingerprint density at radius 2 is 1.60 bits per heavy atom. The lowest BCUT2D eigenvalue weighted by Crippen LogP contribution is -2.67. The van der Waals surface area contributed by atoms with Gasteiger partial charge >= 0.3 is 6.18 Å².